The molecule has 1 aliphatic rings. The van der Waals surface area contributed by atoms with Crippen molar-refractivity contribution in [2.75, 3.05) is 11.9 Å². The van der Waals surface area contributed by atoms with Crippen molar-refractivity contribution in [3.8, 4) is 0 Å². The summed E-state index contributed by atoms with van der Waals surface area (Å²) in [6.07, 6.45) is 4.56. The SMILES string of the molecule is Cc1ccccc1CCN=C(N)Nc1ccc2c(c1)CCC2.I. The number of aliphatic imine (C=N–C) groups is 1. The van der Waals surface area contributed by atoms with Crippen LogP contribution in [0.1, 0.15) is 28.7 Å². The lowest BCUT2D eigenvalue weighted by Gasteiger charge is -2.08. The highest BCUT2D eigenvalue weighted by Gasteiger charge is 2.10. The number of nitrogens with zero attached hydrogens (tertiary/aromatic N) is 1. The van der Waals surface area contributed by atoms with Crippen LogP contribution in [0.5, 0.6) is 0 Å². The monoisotopic (exact) mass is 421 g/mol. The molecule has 1 aliphatic carbocycles. The molecule has 3 rings (SSSR count). The standard InChI is InChI=1S/C19H23N3.HI/c1-14-5-2-3-6-15(14)11-12-21-19(20)22-18-10-9-16-7-4-8-17(16)13-18;/h2-3,5-6,9-10,13H,4,7-8,11-12H2,1H3,(H3,20,21,22);1H. The predicted octanol–water partition coefficient (Wildman–Crippen LogP) is 4.07. The van der Waals surface area contributed by atoms with Crippen LogP contribution < -0.4 is 11.1 Å². The lowest BCUT2D eigenvalue weighted by Crippen LogP contribution is -2.23. The zero-order chi connectivity index (χ0) is 15.4. The summed E-state index contributed by atoms with van der Waals surface area (Å²) in [5.74, 6) is 0.492. The van der Waals surface area contributed by atoms with Crippen molar-refractivity contribution in [2.45, 2.75) is 32.6 Å². The minimum Gasteiger partial charge on any atom is -0.370 e. The van der Waals surface area contributed by atoms with E-state index in [0.29, 0.717) is 12.5 Å². The quantitative estimate of drug-likeness (QED) is 0.444. The maximum Gasteiger partial charge on any atom is 0.193 e. The van der Waals surface area contributed by atoms with Gasteiger partial charge in [0.15, 0.2) is 5.96 Å². The second kappa shape index (κ2) is 8.34. The van der Waals surface area contributed by atoms with E-state index in [1.807, 2.05) is 0 Å². The molecular weight excluding hydrogens is 397 g/mol. The zero-order valence-corrected chi connectivity index (χ0v) is 15.8. The van der Waals surface area contributed by atoms with Crippen LogP contribution in [-0.2, 0) is 19.3 Å². The number of rotatable bonds is 4. The molecule has 0 saturated carbocycles. The molecule has 0 heterocycles. The van der Waals surface area contributed by atoms with Crippen LogP contribution in [0.15, 0.2) is 47.5 Å². The van der Waals surface area contributed by atoms with E-state index in [1.54, 1.807) is 0 Å². The molecule has 0 radical (unpaired) electrons. The number of nitrogens with two attached hydrogens (primary N) is 1. The van der Waals surface area contributed by atoms with Gasteiger partial charge in [0.25, 0.3) is 0 Å². The molecule has 0 aliphatic heterocycles. The summed E-state index contributed by atoms with van der Waals surface area (Å²) in [6.45, 7) is 2.83. The van der Waals surface area contributed by atoms with Crippen molar-refractivity contribution in [3.05, 3.63) is 64.7 Å². The molecule has 0 unspecified atom stereocenters. The van der Waals surface area contributed by atoms with E-state index in [0.717, 1.165) is 12.1 Å². The van der Waals surface area contributed by atoms with Crippen molar-refractivity contribution < 1.29 is 0 Å². The second-order valence-electron chi connectivity index (χ2n) is 5.91. The van der Waals surface area contributed by atoms with Gasteiger partial charge in [-0.1, -0.05) is 30.3 Å². The summed E-state index contributed by atoms with van der Waals surface area (Å²) in [6, 6.07) is 14.9. The number of guanidine groups is 1. The summed E-state index contributed by atoms with van der Waals surface area (Å²) in [5.41, 5.74) is 12.6. The van der Waals surface area contributed by atoms with Crippen molar-refractivity contribution in [1.29, 1.82) is 0 Å². The zero-order valence-electron chi connectivity index (χ0n) is 13.5. The van der Waals surface area contributed by atoms with Crippen molar-refractivity contribution in [3.63, 3.8) is 0 Å². The number of halogens is 1. The molecule has 23 heavy (non-hydrogen) atoms. The average molecular weight is 421 g/mol. The first kappa shape index (κ1) is 17.8. The van der Waals surface area contributed by atoms with Gasteiger partial charge in [-0.05, 0) is 67.0 Å². The second-order valence-corrected chi connectivity index (χ2v) is 5.91. The Morgan fingerprint density at radius 2 is 1.91 bits per heavy atom. The average Bonchev–Trinajstić information content (AvgIpc) is 2.97. The van der Waals surface area contributed by atoms with Crippen LogP contribution in [0.3, 0.4) is 0 Å². The number of hydrogen-bond acceptors (Lipinski definition) is 1. The van der Waals surface area contributed by atoms with Crippen LogP contribution >= 0.6 is 24.0 Å². The number of benzene rings is 2. The predicted molar refractivity (Wildman–Crippen MR) is 109 cm³/mol. The summed E-state index contributed by atoms with van der Waals surface area (Å²) in [5, 5.41) is 3.20. The highest BCUT2D eigenvalue weighted by Crippen LogP contribution is 2.24. The summed E-state index contributed by atoms with van der Waals surface area (Å²) >= 11 is 0. The maximum absolute atomic E-state index is 5.99. The molecule has 2 aromatic carbocycles. The normalized spacial score (nSPS) is 13.3. The Morgan fingerprint density at radius 3 is 2.74 bits per heavy atom. The minimum absolute atomic E-state index is 0. The van der Waals surface area contributed by atoms with Gasteiger partial charge in [0, 0.05) is 12.2 Å². The van der Waals surface area contributed by atoms with Gasteiger partial charge >= 0.3 is 0 Å². The van der Waals surface area contributed by atoms with E-state index in [2.05, 4.69) is 59.7 Å². The Balaban J connectivity index is 0.00000192. The van der Waals surface area contributed by atoms with E-state index in [-0.39, 0.29) is 24.0 Å². The fourth-order valence-electron chi connectivity index (χ4n) is 3.02. The van der Waals surface area contributed by atoms with E-state index in [9.17, 15) is 0 Å². The summed E-state index contributed by atoms with van der Waals surface area (Å²) in [7, 11) is 0. The molecule has 122 valence electrons. The van der Waals surface area contributed by atoms with Gasteiger partial charge in [0.2, 0.25) is 0 Å². The molecule has 3 N–H and O–H groups in total. The molecule has 0 aromatic heterocycles. The van der Waals surface area contributed by atoms with E-state index >= 15 is 0 Å². The minimum atomic E-state index is 0. The molecule has 0 bridgehead atoms. The van der Waals surface area contributed by atoms with Crippen LogP contribution in [0.2, 0.25) is 0 Å². The Bertz CT molecular complexity index is 695. The third kappa shape index (κ3) is 4.70. The highest BCUT2D eigenvalue weighted by molar-refractivity contribution is 14.0. The van der Waals surface area contributed by atoms with Gasteiger partial charge in [0.1, 0.15) is 0 Å². The van der Waals surface area contributed by atoms with E-state index in [4.69, 9.17) is 5.73 Å². The first-order valence-corrected chi connectivity index (χ1v) is 7.95. The van der Waals surface area contributed by atoms with Gasteiger partial charge in [-0.3, -0.25) is 4.99 Å². The summed E-state index contributed by atoms with van der Waals surface area (Å²) < 4.78 is 0. The van der Waals surface area contributed by atoms with Crippen LogP contribution in [0, 0.1) is 6.92 Å². The van der Waals surface area contributed by atoms with Crippen molar-refractivity contribution in [2.24, 2.45) is 10.7 Å². The first-order valence-electron chi connectivity index (χ1n) is 7.95. The number of fused-ring (bicyclic) bond motifs is 1. The molecule has 4 heteroatoms. The number of hydrogen-bond donors (Lipinski definition) is 2. The third-order valence-electron chi connectivity index (χ3n) is 4.30. The Hall–Kier alpha value is -1.56. The fraction of sp³-hybridized carbons (Fsp3) is 0.316. The Morgan fingerprint density at radius 1 is 1.13 bits per heavy atom. The molecule has 0 atom stereocenters. The maximum atomic E-state index is 5.99. The number of anilines is 1. The van der Waals surface area contributed by atoms with E-state index < -0.39 is 0 Å². The topological polar surface area (TPSA) is 50.4 Å². The summed E-state index contributed by atoms with van der Waals surface area (Å²) in [4.78, 5) is 4.43. The number of aryl methyl sites for hydroxylation is 3. The van der Waals surface area contributed by atoms with Crippen molar-refractivity contribution >= 4 is 35.6 Å². The van der Waals surface area contributed by atoms with Crippen LogP contribution in [0.25, 0.3) is 0 Å². The third-order valence-corrected chi connectivity index (χ3v) is 4.30. The Kier molecular flexibility index (Phi) is 6.45. The fourth-order valence-corrected chi connectivity index (χ4v) is 3.02. The smallest absolute Gasteiger partial charge is 0.193 e. The van der Waals surface area contributed by atoms with E-state index in [1.165, 1.54) is 41.5 Å². The first-order chi connectivity index (χ1) is 10.7. The van der Waals surface area contributed by atoms with Gasteiger partial charge in [-0.2, -0.15) is 0 Å². The van der Waals surface area contributed by atoms with Gasteiger partial charge in [0.05, 0.1) is 0 Å². The Labute approximate surface area is 155 Å². The largest absolute Gasteiger partial charge is 0.370 e. The van der Waals surface area contributed by atoms with Crippen molar-refractivity contribution in [1.82, 2.24) is 0 Å². The van der Waals surface area contributed by atoms with Gasteiger partial charge in [-0.15, -0.1) is 24.0 Å². The lowest BCUT2D eigenvalue weighted by atomic mass is 10.1. The van der Waals surface area contributed by atoms with Crippen LogP contribution in [0.4, 0.5) is 5.69 Å². The number of nitrogens with one attached hydrogen (secondary N) is 1. The molecular formula is C19H24IN3. The lowest BCUT2D eigenvalue weighted by molar-refractivity contribution is 0.912. The molecule has 3 nitrogen and oxygen atoms in total. The van der Waals surface area contributed by atoms with Gasteiger partial charge < -0.3 is 11.1 Å². The van der Waals surface area contributed by atoms with Gasteiger partial charge in [-0.25, -0.2) is 0 Å². The molecule has 0 fully saturated rings. The highest BCUT2D eigenvalue weighted by atomic mass is 127. The molecule has 0 saturated heterocycles. The molecule has 0 spiro atoms. The molecule has 2 aromatic rings. The van der Waals surface area contributed by atoms with Crippen LogP contribution in [-0.4, -0.2) is 12.5 Å². The molecule has 0 amide bonds.